The average molecular weight is 424 g/mol. The number of alkyl halides is 1. The number of fused-ring (bicyclic) bond motifs is 1. The molecule has 2 aliphatic heterocycles. The van der Waals surface area contributed by atoms with E-state index < -0.39 is 4.05 Å². The van der Waals surface area contributed by atoms with Crippen LogP contribution in [0.5, 0.6) is 0 Å². The molecule has 0 saturated carbocycles. The molecule has 3 heterocycles. The highest BCUT2D eigenvalue weighted by molar-refractivity contribution is 14.1. The monoisotopic (exact) mass is 423 g/mol. The summed E-state index contributed by atoms with van der Waals surface area (Å²) in [5, 5.41) is 11.4. The highest BCUT2D eigenvalue weighted by Crippen LogP contribution is 2.32. The Labute approximate surface area is 138 Å². The molecule has 2 unspecified atom stereocenters. The molecule has 1 saturated heterocycles. The van der Waals surface area contributed by atoms with Crippen molar-refractivity contribution in [1.82, 2.24) is 14.9 Å². The van der Waals surface area contributed by atoms with Crippen molar-refractivity contribution in [2.45, 2.75) is 16.6 Å². The van der Waals surface area contributed by atoms with Gasteiger partial charge in [-0.2, -0.15) is 0 Å². The summed E-state index contributed by atoms with van der Waals surface area (Å²) in [5.74, 6) is -0.0731. The minimum Gasteiger partial charge on any atom is -0.347 e. The normalized spacial score (nSPS) is 26.6. The van der Waals surface area contributed by atoms with E-state index in [9.17, 15) is 10.0 Å². The maximum absolute atomic E-state index is 12.2. The fourth-order valence-electron chi connectivity index (χ4n) is 2.33. The van der Waals surface area contributed by atoms with Crippen molar-refractivity contribution in [2.24, 2.45) is 0 Å². The molecule has 0 radical (unpaired) electrons. The Morgan fingerprint density at radius 3 is 3.10 bits per heavy atom. The minimum absolute atomic E-state index is 0.0731. The number of allylic oxidation sites excluding steroid dienone is 2. The SMILES string of the molecule is O=C1C2=CC=CCN2C(Cc2cnc(Cl)s2)N(O)C1I. The van der Waals surface area contributed by atoms with E-state index in [4.69, 9.17) is 11.6 Å². The maximum atomic E-state index is 12.2. The summed E-state index contributed by atoms with van der Waals surface area (Å²) in [4.78, 5) is 19.1. The van der Waals surface area contributed by atoms with Crippen LogP contribution < -0.4 is 0 Å². The van der Waals surface area contributed by atoms with Gasteiger partial charge in [-0.3, -0.25) is 4.79 Å². The summed E-state index contributed by atoms with van der Waals surface area (Å²) >= 11 is 9.19. The first-order chi connectivity index (χ1) is 9.58. The molecule has 3 rings (SSSR count). The Bertz CT molecular complexity index is 603. The van der Waals surface area contributed by atoms with Gasteiger partial charge < -0.3 is 10.1 Å². The lowest BCUT2D eigenvalue weighted by Crippen LogP contribution is -2.59. The number of thiazole rings is 1. The van der Waals surface area contributed by atoms with Crippen LogP contribution in [-0.4, -0.2) is 42.7 Å². The lowest BCUT2D eigenvalue weighted by molar-refractivity contribution is -0.187. The first kappa shape index (κ1) is 14.5. The van der Waals surface area contributed by atoms with Crippen LogP contribution >= 0.6 is 45.5 Å². The second-order valence-electron chi connectivity index (χ2n) is 4.48. The third-order valence-corrected chi connectivity index (χ3v) is 5.55. The second-order valence-corrected chi connectivity index (χ2v) is 7.35. The molecule has 0 amide bonds. The molecule has 20 heavy (non-hydrogen) atoms. The van der Waals surface area contributed by atoms with Crippen LogP contribution in [0, 0.1) is 0 Å². The van der Waals surface area contributed by atoms with Crippen LogP contribution in [0.25, 0.3) is 0 Å². The molecule has 0 bridgehead atoms. The lowest BCUT2D eigenvalue weighted by atomic mass is 10.1. The van der Waals surface area contributed by atoms with Crippen LogP contribution in [0.4, 0.5) is 0 Å². The molecule has 1 N–H and O–H groups in total. The summed E-state index contributed by atoms with van der Waals surface area (Å²) in [6, 6.07) is 0. The zero-order valence-electron chi connectivity index (χ0n) is 10.2. The van der Waals surface area contributed by atoms with Crippen molar-refractivity contribution in [1.29, 1.82) is 0 Å². The van der Waals surface area contributed by atoms with Crippen LogP contribution in [0.3, 0.4) is 0 Å². The van der Waals surface area contributed by atoms with Crippen molar-refractivity contribution in [3.05, 3.63) is 39.5 Å². The number of hydrogen-bond acceptors (Lipinski definition) is 6. The third kappa shape index (κ3) is 2.52. The van der Waals surface area contributed by atoms with Gasteiger partial charge >= 0.3 is 0 Å². The number of carbonyl (C=O) groups excluding carboxylic acids is 1. The standard InChI is InChI=1S/C12H11ClIN3O2S/c13-12-15-6-7(20-12)5-9-16-4-2-1-3-8(16)10(18)11(14)17(9)19/h1-3,6,9,11,19H,4-5H2. The lowest BCUT2D eigenvalue weighted by Gasteiger charge is -2.45. The van der Waals surface area contributed by atoms with E-state index >= 15 is 0 Å². The molecule has 1 aromatic rings. The van der Waals surface area contributed by atoms with Gasteiger partial charge in [-0.25, -0.2) is 4.98 Å². The molecular weight excluding hydrogens is 413 g/mol. The second kappa shape index (κ2) is 5.72. The van der Waals surface area contributed by atoms with E-state index in [1.54, 1.807) is 12.3 Å². The highest BCUT2D eigenvalue weighted by atomic mass is 127. The summed E-state index contributed by atoms with van der Waals surface area (Å²) in [5.41, 5.74) is 0.651. The van der Waals surface area contributed by atoms with Crippen molar-refractivity contribution < 1.29 is 10.0 Å². The first-order valence-electron chi connectivity index (χ1n) is 5.97. The Morgan fingerprint density at radius 2 is 2.40 bits per heavy atom. The molecule has 106 valence electrons. The molecule has 2 atom stereocenters. The number of Topliss-reactive ketones (excluding diaryl/α,β-unsaturated/α-hetero) is 1. The number of carbonyl (C=O) groups is 1. The first-order valence-corrected chi connectivity index (χ1v) is 8.41. The van der Waals surface area contributed by atoms with Gasteiger partial charge in [-0.15, -0.1) is 16.4 Å². The van der Waals surface area contributed by atoms with Crippen molar-refractivity contribution >= 4 is 51.3 Å². The van der Waals surface area contributed by atoms with E-state index in [0.29, 0.717) is 23.1 Å². The Kier molecular flexibility index (Phi) is 4.14. The third-order valence-electron chi connectivity index (χ3n) is 3.28. The van der Waals surface area contributed by atoms with Gasteiger partial charge in [-0.1, -0.05) is 46.3 Å². The van der Waals surface area contributed by atoms with E-state index in [2.05, 4.69) is 4.98 Å². The van der Waals surface area contributed by atoms with Crippen LogP contribution in [0.2, 0.25) is 4.47 Å². The van der Waals surface area contributed by atoms with E-state index in [1.165, 1.54) is 11.3 Å². The van der Waals surface area contributed by atoms with Crippen LogP contribution in [0.15, 0.2) is 30.1 Å². The Morgan fingerprint density at radius 1 is 1.60 bits per heavy atom. The summed E-state index contributed by atoms with van der Waals surface area (Å²) in [6.45, 7) is 0.606. The van der Waals surface area contributed by atoms with Gasteiger partial charge in [0, 0.05) is 24.0 Å². The predicted molar refractivity (Wildman–Crippen MR) is 85.0 cm³/mol. The molecule has 5 nitrogen and oxygen atoms in total. The molecule has 2 aliphatic rings. The Balaban J connectivity index is 1.90. The zero-order valence-corrected chi connectivity index (χ0v) is 14.0. The molecular formula is C12H11ClIN3O2S. The number of rotatable bonds is 2. The minimum atomic E-state index is -0.574. The average Bonchev–Trinajstić information content (AvgIpc) is 2.86. The largest absolute Gasteiger partial charge is 0.347 e. The molecule has 0 spiro atoms. The van der Waals surface area contributed by atoms with E-state index in [0.717, 1.165) is 9.94 Å². The van der Waals surface area contributed by atoms with Crippen LogP contribution in [0.1, 0.15) is 4.88 Å². The molecule has 0 aromatic carbocycles. The molecule has 1 aromatic heterocycles. The van der Waals surface area contributed by atoms with Gasteiger partial charge in [0.1, 0.15) is 6.17 Å². The van der Waals surface area contributed by atoms with E-state index in [1.807, 2.05) is 39.6 Å². The summed E-state index contributed by atoms with van der Waals surface area (Å²) < 4.78 is -0.0910. The fourth-order valence-corrected chi connectivity index (χ4v) is 4.03. The van der Waals surface area contributed by atoms with Crippen molar-refractivity contribution in [3.63, 3.8) is 0 Å². The number of halogens is 2. The fraction of sp³-hybridized carbons (Fsp3) is 0.333. The Hall–Kier alpha value is -0.480. The van der Waals surface area contributed by atoms with Gasteiger partial charge in [-0.05, 0) is 6.08 Å². The van der Waals surface area contributed by atoms with Crippen molar-refractivity contribution in [2.75, 3.05) is 6.54 Å². The zero-order chi connectivity index (χ0) is 14.3. The topological polar surface area (TPSA) is 56.7 Å². The van der Waals surface area contributed by atoms with E-state index in [-0.39, 0.29) is 11.9 Å². The van der Waals surface area contributed by atoms with Gasteiger partial charge in [0.25, 0.3) is 0 Å². The number of aromatic nitrogens is 1. The van der Waals surface area contributed by atoms with Gasteiger partial charge in [0.2, 0.25) is 5.78 Å². The quantitative estimate of drug-likeness (QED) is 0.450. The number of hydroxylamine groups is 2. The summed E-state index contributed by atoms with van der Waals surface area (Å²) in [6.07, 6.45) is 7.63. The molecule has 8 heteroatoms. The molecule has 0 aliphatic carbocycles. The maximum Gasteiger partial charge on any atom is 0.208 e. The number of hydrogen-bond donors (Lipinski definition) is 1. The number of ketones is 1. The van der Waals surface area contributed by atoms with Crippen LogP contribution in [-0.2, 0) is 11.2 Å². The smallest absolute Gasteiger partial charge is 0.208 e. The van der Waals surface area contributed by atoms with Gasteiger partial charge in [0.15, 0.2) is 8.52 Å². The predicted octanol–water partition coefficient (Wildman–Crippen LogP) is 2.46. The number of nitrogens with zero attached hydrogens (tertiary/aromatic N) is 3. The molecule has 1 fully saturated rings. The highest BCUT2D eigenvalue weighted by Gasteiger charge is 2.42. The van der Waals surface area contributed by atoms with Crippen molar-refractivity contribution in [3.8, 4) is 0 Å². The summed E-state index contributed by atoms with van der Waals surface area (Å²) in [7, 11) is 0. The van der Waals surface area contributed by atoms with Gasteiger partial charge in [0.05, 0.1) is 5.70 Å².